The average molecular weight is 267 g/mol. The zero-order valence-corrected chi connectivity index (χ0v) is 12.2. The molecule has 100 valence electrons. The molecule has 2 rings (SSSR count). The Morgan fingerprint density at radius 3 is 2.89 bits per heavy atom. The van der Waals surface area contributed by atoms with Gasteiger partial charge in [0, 0.05) is 16.7 Å². The summed E-state index contributed by atoms with van der Waals surface area (Å²) in [7, 11) is 0. The SMILES string of the molecule is CCNC(C)C(F)(CC)c1ccc2c(c1)CCS2. The zero-order chi connectivity index (χ0) is 13.2. The van der Waals surface area contributed by atoms with Gasteiger partial charge >= 0.3 is 0 Å². The van der Waals surface area contributed by atoms with Gasteiger partial charge in [0.05, 0.1) is 0 Å². The van der Waals surface area contributed by atoms with Crippen molar-refractivity contribution in [3.8, 4) is 0 Å². The molecule has 1 aliphatic rings. The Bertz CT molecular complexity index is 421. The number of fused-ring (bicyclic) bond motifs is 1. The minimum Gasteiger partial charge on any atom is -0.311 e. The van der Waals surface area contributed by atoms with Gasteiger partial charge in [-0.15, -0.1) is 11.8 Å². The highest BCUT2D eigenvalue weighted by Crippen LogP contribution is 2.38. The first-order valence-electron chi connectivity index (χ1n) is 6.80. The maximum absolute atomic E-state index is 15.2. The van der Waals surface area contributed by atoms with Gasteiger partial charge in [-0.2, -0.15) is 0 Å². The van der Waals surface area contributed by atoms with Crippen LogP contribution in [0.3, 0.4) is 0 Å². The van der Waals surface area contributed by atoms with Crippen LogP contribution in [0, 0.1) is 0 Å². The number of halogens is 1. The summed E-state index contributed by atoms with van der Waals surface area (Å²) in [6.07, 6.45) is 1.58. The van der Waals surface area contributed by atoms with Gasteiger partial charge in [0.1, 0.15) is 0 Å². The molecular formula is C15H22FNS. The molecule has 1 aromatic carbocycles. The molecule has 0 fully saturated rings. The fourth-order valence-corrected chi connectivity index (χ4v) is 3.73. The highest BCUT2D eigenvalue weighted by atomic mass is 32.2. The van der Waals surface area contributed by atoms with E-state index in [1.54, 1.807) is 0 Å². The van der Waals surface area contributed by atoms with Gasteiger partial charge < -0.3 is 5.32 Å². The molecule has 0 saturated heterocycles. The number of hydrogen-bond donors (Lipinski definition) is 1. The van der Waals surface area contributed by atoms with Crippen LogP contribution in [0.4, 0.5) is 4.39 Å². The Morgan fingerprint density at radius 1 is 1.44 bits per heavy atom. The molecule has 1 aliphatic heterocycles. The second-order valence-electron chi connectivity index (χ2n) is 4.92. The number of nitrogens with one attached hydrogen (secondary N) is 1. The Morgan fingerprint density at radius 2 is 2.22 bits per heavy atom. The van der Waals surface area contributed by atoms with E-state index < -0.39 is 5.67 Å². The van der Waals surface area contributed by atoms with Crippen LogP contribution in [0.2, 0.25) is 0 Å². The number of thioether (sulfide) groups is 1. The summed E-state index contributed by atoms with van der Waals surface area (Å²) >= 11 is 1.88. The third-order valence-corrected chi connectivity index (χ3v) is 5.00. The monoisotopic (exact) mass is 267 g/mol. The predicted molar refractivity (Wildman–Crippen MR) is 77.1 cm³/mol. The van der Waals surface area contributed by atoms with Gasteiger partial charge in [-0.1, -0.05) is 26.0 Å². The van der Waals surface area contributed by atoms with Gasteiger partial charge in [-0.25, -0.2) is 4.39 Å². The van der Waals surface area contributed by atoms with Crippen LogP contribution in [0.1, 0.15) is 38.3 Å². The van der Waals surface area contributed by atoms with Gasteiger partial charge in [0.15, 0.2) is 5.67 Å². The molecule has 0 spiro atoms. The lowest BCUT2D eigenvalue weighted by Crippen LogP contribution is -2.43. The third-order valence-electron chi connectivity index (χ3n) is 3.88. The van der Waals surface area contributed by atoms with Crippen molar-refractivity contribution in [2.24, 2.45) is 0 Å². The number of rotatable bonds is 5. The Labute approximate surface area is 114 Å². The van der Waals surface area contributed by atoms with Crippen molar-refractivity contribution in [2.45, 2.75) is 50.2 Å². The Hall–Kier alpha value is -0.540. The summed E-state index contributed by atoms with van der Waals surface area (Å²) in [4.78, 5) is 1.33. The lowest BCUT2D eigenvalue weighted by atomic mass is 9.85. The van der Waals surface area contributed by atoms with E-state index in [-0.39, 0.29) is 6.04 Å². The lowest BCUT2D eigenvalue weighted by molar-refractivity contribution is 0.107. The van der Waals surface area contributed by atoms with E-state index in [1.165, 1.54) is 10.5 Å². The number of benzene rings is 1. The summed E-state index contributed by atoms with van der Waals surface area (Å²) in [5.74, 6) is 1.13. The molecule has 0 amide bonds. The molecule has 3 heteroatoms. The molecule has 2 unspecified atom stereocenters. The molecule has 0 bridgehead atoms. The van der Waals surface area contributed by atoms with Gasteiger partial charge in [0.2, 0.25) is 0 Å². The van der Waals surface area contributed by atoms with Crippen molar-refractivity contribution >= 4 is 11.8 Å². The first-order chi connectivity index (χ1) is 8.61. The smallest absolute Gasteiger partial charge is 0.150 e. The van der Waals surface area contributed by atoms with E-state index in [1.807, 2.05) is 38.6 Å². The van der Waals surface area contributed by atoms with Crippen LogP contribution in [0.5, 0.6) is 0 Å². The van der Waals surface area contributed by atoms with Crippen molar-refractivity contribution in [1.29, 1.82) is 0 Å². The summed E-state index contributed by atoms with van der Waals surface area (Å²) in [6.45, 7) is 6.68. The minimum absolute atomic E-state index is 0.153. The molecule has 0 aliphatic carbocycles. The molecule has 0 aromatic heterocycles. The van der Waals surface area contributed by atoms with Crippen molar-refractivity contribution in [3.05, 3.63) is 29.3 Å². The molecule has 18 heavy (non-hydrogen) atoms. The van der Waals surface area contributed by atoms with Crippen LogP contribution in [0.15, 0.2) is 23.1 Å². The molecule has 1 nitrogen and oxygen atoms in total. The summed E-state index contributed by atoms with van der Waals surface area (Å²) in [5, 5.41) is 3.22. The van der Waals surface area contributed by atoms with Crippen molar-refractivity contribution in [3.63, 3.8) is 0 Å². The van der Waals surface area contributed by atoms with Gasteiger partial charge in [-0.3, -0.25) is 0 Å². The van der Waals surface area contributed by atoms with Crippen molar-refractivity contribution in [1.82, 2.24) is 5.32 Å². The standard InChI is InChI=1S/C15H22FNS/c1-4-15(16,11(3)17-5-2)13-6-7-14-12(10-13)8-9-18-14/h6-7,10-11,17H,4-5,8-9H2,1-3H3. The second-order valence-corrected chi connectivity index (χ2v) is 6.05. The maximum atomic E-state index is 15.2. The van der Waals surface area contributed by atoms with E-state index in [0.717, 1.165) is 24.3 Å². The molecular weight excluding hydrogens is 245 g/mol. The molecule has 1 aromatic rings. The minimum atomic E-state index is -1.27. The van der Waals surface area contributed by atoms with E-state index >= 15 is 4.39 Å². The van der Waals surface area contributed by atoms with E-state index in [0.29, 0.717) is 6.42 Å². The summed E-state index contributed by atoms with van der Waals surface area (Å²) in [6, 6.07) is 5.98. The van der Waals surface area contributed by atoms with Crippen LogP contribution < -0.4 is 5.32 Å². The topological polar surface area (TPSA) is 12.0 Å². The highest BCUT2D eigenvalue weighted by molar-refractivity contribution is 7.99. The average Bonchev–Trinajstić information content (AvgIpc) is 2.85. The van der Waals surface area contributed by atoms with Crippen LogP contribution in [0.25, 0.3) is 0 Å². The van der Waals surface area contributed by atoms with Crippen LogP contribution in [-0.2, 0) is 12.1 Å². The van der Waals surface area contributed by atoms with E-state index in [9.17, 15) is 0 Å². The first kappa shape index (κ1) is 13.9. The Balaban J connectivity index is 2.32. The second kappa shape index (κ2) is 5.62. The highest BCUT2D eigenvalue weighted by Gasteiger charge is 2.36. The van der Waals surface area contributed by atoms with Crippen LogP contribution in [-0.4, -0.2) is 18.3 Å². The third kappa shape index (κ3) is 2.43. The molecule has 1 N–H and O–H groups in total. The summed E-state index contributed by atoms with van der Waals surface area (Å²) < 4.78 is 15.2. The number of alkyl halides is 1. The van der Waals surface area contributed by atoms with Crippen molar-refractivity contribution in [2.75, 3.05) is 12.3 Å². The van der Waals surface area contributed by atoms with E-state index in [2.05, 4.69) is 17.4 Å². The fraction of sp³-hybridized carbons (Fsp3) is 0.600. The molecule has 0 saturated carbocycles. The molecule has 0 radical (unpaired) electrons. The van der Waals surface area contributed by atoms with E-state index in [4.69, 9.17) is 0 Å². The van der Waals surface area contributed by atoms with Crippen LogP contribution >= 0.6 is 11.8 Å². The predicted octanol–water partition coefficient (Wildman–Crippen LogP) is 3.91. The number of aryl methyl sites for hydroxylation is 1. The normalized spacial score (nSPS) is 19.3. The number of likely N-dealkylation sites (N-methyl/N-ethyl adjacent to an activating group) is 1. The lowest BCUT2D eigenvalue weighted by Gasteiger charge is -2.32. The maximum Gasteiger partial charge on any atom is 0.150 e. The van der Waals surface area contributed by atoms with Crippen molar-refractivity contribution < 1.29 is 4.39 Å². The quantitative estimate of drug-likeness (QED) is 0.868. The molecule has 2 atom stereocenters. The zero-order valence-electron chi connectivity index (χ0n) is 11.4. The summed E-state index contributed by atoms with van der Waals surface area (Å²) in [5.41, 5.74) is 0.884. The van der Waals surface area contributed by atoms with Gasteiger partial charge in [-0.05, 0) is 43.5 Å². The van der Waals surface area contributed by atoms with Gasteiger partial charge in [0.25, 0.3) is 0 Å². The Kier molecular flexibility index (Phi) is 4.33. The number of hydrogen-bond acceptors (Lipinski definition) is 2. The largest absolute Gasteiger partial charge is 0.311 e. The molecule has 1 heterocycles. The first-order valence-corrected chi connectivity index (χ1v) is 7.78. The fourth-order valence-electron chi connectivity index (χ4n) is 2.67.